The summed E-state index contributed by atoms with van der Waals surface area (Å²) in [5, 5.41) is 3.00. The Kier molecular flexibility index (Phi) is 5.77. The molecule has 1 rings (SSSR count). The van der Waals surface area contributed by atoms with Crippen LogP contribution in [0.15, 0.2) is 0 Å². The van der Waals surface area contributed by atoms with Gasteiger partial charge in [-0.1, -0.05) is 19.3 Å². The number of hydrogen-bond acceptors (Lipinski definition) is 3. The molecule has 0 bridgehead atoms. The van der Waals surface area contributed by atoms with E-state index in [1.165, 1.54) is 32.1 Å². The molecule has 0 aromatic rings. The Bertz CT molecular complexity index is 215. The second kappa shape index (κ2) is 6.86. The van der Waals surface area contributed by atoms with Gasteiger partial charge in [-0.15, -0.1) is 0 Å². The summed E-state index contributed by atoms with van der Waals surface area (Å²) >= 11 is 0. The van der Waals surface area contributed by atoms with Gasteiger partial charge in [0, 0.05) is 19.7 Å². The summed E-state index contributed by atoms with van der Waals surface area (Å²) < 4.78 is 4.99. The quantitative estimate of drug-likeness (QED) is 0.739. The molecule has 4 heteroatoms. The van der Waals surface area contributed by atoms with Gasteiger partial charge in [0.25, 0.3) is 0 Å². The molecule has 0 aliphatic heterocycles. The summed E-state index contributed by atoms with van der Waals surface area (Å²) in [6, 6.07) is 0.116. The molecule has 94 valence electrons. The van der Waals surface area contributed by atoms with Crippen LogP contribution in [-0.4, -0.2) is 31.7 Å². The van der Waals surface area contributed by atoms with Crippen molar-refractivity contribution < 1.29 is 9.53 Å². The van der Waals surface area contributed by atoms with Gasteiger partial charge in [-0.2, -0.15) is 0 Å². The number of amides is 1. The van der Waals surface area contributed by atoms with E-state index in [1.807, 2.05) is 0 Å². The molecule has 16 heavy (non-hydrogen) atoms. The summed E-state index contributed by atoms with van der Waals surface area (Å²) in [7, 11) is 1.54. The molecule has 4 nitrogen and oxygen atoms in total. The highest BCUT2D eigenvalue weighted by molar-refractivity contribution is 5.80. The summed E-state index contributed by atoms with van der Waals surface area (Å²) in [4.78, 5) is 11.7. The highest BCUT2D eigenvalue weighted by Crippen LogP contribution is 2.26. The Balaban J connectivity index is 2.44. The lowest BCUT2D eigenvalue weighted by atomic mass is 9.84. The maximum atomic E-state index is 11.7. The predicted molar refractivity (Wildman–Crippen MR) is 64.0 cm³/mol. The number of nitrogens with one attached hydrogen (secondary N) is 1. The standard InChI is InChI=1S/C12H24N2O2/c1-9(16-2)12(15)14-11(8-13)10-6-4-3-5-7-10/h9-11H,3-8,13H2,1-2H3,(H,14,15). The Morgan fingerprint density at radius 1 is 1.44 bits per heavy atom. The van der Waals surface area contributed by atoms with E-state index in [9.17, 15) is 4.79 Å². The van der Waals surface area contributed by atoms with E-state index in [-0.39, 0.29) is 11.9 Å². The molecule has 1 amide bonds. The first kappa shape index (κ1) is 13.5. The summed E-state index contributed by atoms with van der Waals surface area (Å²) in [6.07, 6.45) is 5.81. The smallest absolute Gasteiger partial charge is 0.249 e. The lowest BCUT2D eigenvalue weighted by molar-refractivity contribution is -0.131. The van der Waals surface area contributed by atoms with Crippen molar-refractivity contribution in [3.8, 4) is 0 Å². The van der Waals surface area contributed by atoms with Gasteiger partial charge >= 0.3 is 0 Å². The van der Waals surface area contributed by atoms with Gasteiger partial charge in [0.2, 0.25) is 5.91 Å². The van der Waals surface area contributed by atoms with Crippen molar-refractivity contribution in [2.45, 2.75) is 51.2 Å². The molecule has 1 aliphatic rings. The summed E-state index contributed by atoms with van der Waals surface area (Å²) in [5.74, 6) is 0.496. The van der Waals surface area contributed by atoms with E-state index in [1.54, 1.807) is 14.0 Å². The van der Waals surface area contributed by atoms with Crippen molar-refractivity contribution >= 4 is 5.91 Å². The molecular formula is C12H24N2O2. The van der Waals surface area contributed by atoms with Crippen LogP contribution in [0.2, 0.25) is 0 Å². The minimum atomic E-state index is -0.391. The zero-order valence-electron chi connectivity index (χ0n) is 10.4. The largest absolute Gasteiger partial charge is 0.372 e. The summed E-state index contributed by atoms with van der Waals surface area (Å²) in [5.41, 5.74) is 5.74. The molecular weight excluding hydrogens is 204 g/mol. The number of ether oxygens (including phenoxy) is 1. The average Bonchev–Trinajstić information content (AvgIpc) is 2.35. The molecule has 0 aromatic heterocycles. The Labute approximate surface area is 97.9 Å². The van der Waals surface area contributed by atoms with Gasteiger partial charge < -0.3 is 15.8 Å². The molecule has 1 saturated carbocycles. The summed E-state index contributed by atoms with van der Waals surface area (Å²) in [6.45, 7) is 2.27. The monoisotopic (exact) mass is 228 g/mol. The van der Waals surface area contributed by atoms with Crippen LogP contribution in [0.3, 0.4) is 0 Å². The first-order valence-electron chi connectivity index (χ1n) is 6.22. The van der Waals surface area contributed by atoms with Gasteiger partial charge in [0.1, 0.15) is 6.10 Å². The number of carbonyl (C=O) groups is 1. The molecule has 0 saturated heterocycles. The second-order valence-electron chi connectivity index (χ2n) is 4.63. The van der Waals surface area contributed by atoms with Crippen molar-refractivity contribution in [2.24, 2.45) is 11.7 Å². The molecule has 0 aromatic carbocycles. The van der Waals surface area contributed by atoms with E-state index in [0.29, 0.717) is 12.5 Å². The van der Waals surface area contributed by atoms with Crippen molar-refractivity contribution in [3.63, 3.8) is 0 Å². The van der Waals surface area contributed by atoms with Crippen LogP contribution >= 0.6 is 0 Å². The third kappa shape index (κ3) is 3.76. The molecule has 1 aliphatic carbocycles. The van der Waals surface area contributed by atoms with Crippen molar-refractivity contribution in [1.82, 2.24) is 5.32 Å². The van der Waals surface area contributed by atoms with Crippen molar-refractivity contribution in [1.29, 1.82) is 0 Å². The fraction of sp³-hybridized carbons (Fsp3) is 0.917. The fourth-order valence-corrected chi connectivity index (χ4v) is 2.31. The Hall–Kier alpha value is -0.610. The minimum absolute atomic E-state index is 0.0523. The average molecular weight is 228 g/mol. The Morgan fingerprint density at radius 2 is 2.06 bits per heavy atom. The number of methoxy groups -OCH3 is 1. The van der Waals surface area contributed by atoms with Crippen molar-refractivity contribution in [2.75, 3.05) is 13.7 Å². The van der Waals surface area contributed by atoms with Crippen LogP contribution in [0.25, 0.3) is 0 Å². The second-order valence-corrected chi connectivity index (χ2v) is 4.63. The number of hydrogen-bond donors (Lipinski definition) is 2. The number of carbonyl (C=O) groups excluding carboxylic acids is 1. The highest BCUT2D eigenvalue weighted by atomic mass is 16.5. The van der Waals surface area contributed by atoms with Gasteiger partial charge in [-0.05, 0) is 25.7 Å². The maximum Gasteiger partial charge on any atom is 0.249 e. The van der Waals surface area contributed by atoms with E-state index in [4.69, 9.17) is 10.5 Å². The molecule has 3 N–H and O–H groups in total. The fourth-order valence-electron chi connectivity index (χ4n) is 2.31. The third-order valence-corrected chi connectivity index (χ3v) is 3.52. The molecule has 0 radical (unpaired) electrons. The number of rotatable bonds is 5. The van der Waals surface area contributed by atoms with Crippen LogP contribution < -0.4 is 11.1 Å². The van der Waals surface area contributed by atoms with Crippen LogP contribution in [0.1, 0.15) is 39.0 Å². The predicted octanol–water partition coefficient (Wildman–Crippen LogP) is 1.05. The van der Waals surface area contributed by atoms with Crippen molar-refractivity contribution in [3.05, 3.63) is 0 Å². The molecule has 2 atom stereocenters. The van der Waals surface area contributed by atoms with E-state index in [2.05, 4.69) is 5.32 Å². The van der Waals surface area contributed by atoms with Crippen LogP contribution in [0.4, 0.5) is 0 Å². The first-order valence-corrected chi connectivity index (χ1v) is 6.22. The number of nitrogens with two attached hydrogens (primary N) is 1. The molecule has 2 unspecified atom stereocenters. The molecule has 0 heterocycles. The van der Waals surface area contributed by atoms with Gasteiger partial charge in [-0.25, -0.2) is 0 Å². The van der Waals surface area contributed by atoms with E-state index in [0.717, 1.165) is 0 Å². The normalized spacial score (nSPS) is 21.4. The van der Waals surface area contributed by atoms with Crippen LogP contribution in [0.5, 0.6) is 0 Å². The molecule has 1 fully saturated rings. The topological polar surface area (TPSA) is 64.3 Å². The van der Waals surface area contributed by atoms with Gasteiger partial charge in [0.05, 0.1) is 0 Å². The Morgan fingerprint density at radius 3 is 2.56 bits per heavy atom. The molecule has 0 spiro atoms. The SMILES string of the molecule is COC(C)C(=O)NC(CN)C1CCCCC1. The van der Waals surface area contributed by atoms with Crippen LogP contribution in [-0.2, 0) is 9.53 Å². The van der Waals surface area contributed by atoms with Crippen LogP contribution in [0, 0.1) is 5.92 Å². The van der Waals surface area contributed by atoms with E-state index < -0.39 is 6.10 Å². The zero-order chi connectivity index (χ0) is 12.0. The van der Waals surface area contributed by atoms with Gasteiger partial charge in [-0.3, -0.25) is 4.79 Å². The minimum Gasteiger partial charge on any atom is -0.372 e. The lowest BCUT2D eigenvalue weighted by Crippen LogP contribution is -2.49. The first-order chi connectivity index (χ1) is 7.69. The van der Waals surface area contributed by atoms with E-state index >= 15 is 0 Å². The third-order valence-electron chi connectivity index (χ3n) is 3.52. The maximum absolute atomic E-state index is 11.7. The zero-order valence-corrected chi connectivity index (χ0v) is 10.4. The highest BCUT2D eigenvalue weighted by Gasteiger charge is 2.25. The van der Waals surface area contributed by atoms with Gasteiger partial charge in [0.15, 0.2) is 0 Å². The lowest BCUT2D eigenvalue weighted by Gasteiger charge is -2.30.